The van der Waals surface area contributed by atoms with E-state index < -0.39 is 5.97 Å². The monoisotopic (exact) mass is 423 g/mol. The molecule has 1 aromatic heterocycles. The van der Waals surface area contributed by atoms with Crippen molar-refractivity contribution in [2.24, 2.45) is 0 Å². The summed E-state index contributed by atoms with van der Waals surface area (Å²) in [6.45, 7) is 2.82. The van der Waals surface area contributed by atoms with Gasteiger partial charge in [0.25, 0.3) is 5.91 Å². The lowest BCUT2D eigenvalue weighted by Crippen LogP contribution is -2.36. The van der Waals surface area contributed by atoms with Crippen LogP contribution in [0.25, 0.3) is 0 Å². The van der Waals surface area contributed by atoms with Crippen molar-refractivity contribution in [2.75, 3.05) is 18.6 Å². The van der Waals surface area contributed by atoms with Crippen molar-refractivity contribution in [1.29, 1.82) is 0 Å². The second-order valence-corrected chi connectivity index (χ2v) is 7.61. The molecule has 0 saturated heterocycles. The number of benzene rings is 2. The van der Waals surface area contributed by atoms with E-state index in [2.05, 4.69) is 5.10 Å². The largest absolute Gasteiger partial charge is 0.465 e. The van der Waals surface area contributed by atoms with Gasteiger partial charge in [0.1, 0.15) is 5.15 Å². The minimum atomic E-state index is -0.397. The van der Waals surface area contributed by atoms with Crippen molar-refractivity contribution in [3.63, 3.8) is 0 Å². The molecule has 0 N–H and O–H groups in total. The highest BCUT2D eigenvalue weighted by Gasteiger charge is 2.30. The van der Waals surface area contributed by atoms with Crippen LogP contribution in [0.1, 0.15) is 44.0 Å². The zero-order valence-corrected chi connectivity index (χ0v) is 17.6. The second kappa shape index (κ2) is 8.32. The van der Waals surface area contributed by atoms with Gasteiger partial charge in [0.05, 0.1) is 30.5 Å². The van der Waals surface area contributed by atoms with Crippen LogP contribution >= 0.6 is 11.6 Å². The Hall–Kier alpha value is -3.12. The number of anilines is 1. The zero-order chi connectivity index (χ0) is 21.3. The predicted octanol–water partition coefficient (Wildman–Crippen LogP) is 4.27. The van der Waals surface area contributed by atoms with Gasteiger partial charge in [-0.05, 0) is 43.0 Å². The van der Waals surface area contributed by atoms with Gasteiger partial charge in [0.2, 0.25) is 0 Å². The summed E-state index contributed by atoms with van der Waals surface area (Å²) in [5.41, 5.74) is 4.07. The Balaban J connectivity index is 1.69. The first-order valence-electron chi connectivity index (χ1n) is 9.80. The molecule has 1 amide bonds. The lowest BCUT2D eigenvalue weighted by molar-refractivity contribution is 0.0599. The lowest BCUT2D eigenvalue weighted by Gasteiger charge is -2.30. The number of methoxy groups -OCH3 is 1. The molecule has 2 heterocycles. The molecule has 3 aromatic rings. The summed E-state index contributed by atoms with van der Waals surface area (Å²) in [6.07, 6.45) is 1.46. The third-order valence-corrected chi connectivity index (χ3v) is 5.74. The normalized spacial score (nSPS) is 13.1. The van der Waals surface area contributed by atoms with E-state index in [1.165, 1.54) is 7.11 Å². The maximum absolute atomic E-state index is 13.5. The predicted molar refractivity (Wildman–Crippen MR) is 115 cm³/mol. The number of nitrogens with zero attached hydrogens (tertiary/aromatic N) is 3. The van der Waals surface area contributed by atoms with Gasteiger partial charge in [0.15, 0.2) is 0 Å². The molecule has 1 aliphatic rings. The van der Waals surface area contributed by atoms with Crippen LogP contribution in [0.2, 0.25) is 5.15 Å². The molecule has 0 bridgehead atoms. The van der Waals surface area contributed by atoms with Crippen molar-refractivity contribution in [1.82, 2.24) is 9.78 Å². The van der Waals surface area contributed by atoms with E-state index in [4.69, 9.17) is 16.3 Å². The maximum atomic E-state index is 13.5. The highest BCUT2D eigenvalue weighted by atomic mass is 35.5. The van der Waals surface area contributed by atoms with Crippen LogP contribution in [0.15, 0.2) is 48.5 Å². The Labute approximate surface area is 180 Å². The smallest absolute Gasteiger partial charge is 0.338 e. The molecular formula is C23H22ClN3O3. The first-order chi connectivity index (χ1) is 14.5. The molecule has 0 aliphatic carbocycles. The Kier molecular flexibility index (Phi) is 5.59. The molecule has 6 nitrogen and oxygen atoms in total. The van der Waals surface area contributed by atoms with Crippen molar-refractivity contribution < 1.29 is 14.3 Å². The second-order valence-electron chi connectivity index (χ2n) is 7.25. The number of ether oxygens (including phenoxy) is 1. The van der Waals surface area contributed by atoms with Gasteiger partial charge in [-0.15, -0.1) is 0 Å². The highest BCUT2D eigenvalue weighted by Crippen LogP contribution is 2.33. The summed E-state index contributed by atoms with van der Waals surface area (Å²) >= 11 is 6.60. The number of hydrogen-bond donors (Lipinski definition) is 0. The molecule has 154 valence electrons. The third kappa shape index (κ3) is 3.59. The molecule has 0 saturated carbocycles. The van der Waals surface area contributed by atoms with E-state index in [1.807, 2.05) is 36.4 Å². The van der Waals surface area contributed by atoms with E-state index in [0.29, 0.717) is 41.5 Å². The van der Waals surface area contributed by atoms with Crippen LogP contribution in [0.4, 0.5) is 5.69 Å². The number of rotatable bonds is 4. The molecule has 7 heteroatoms. The van der Waals surface area contributed by atoms with Crippen LogP contribution in [-0.4, -0.2) is 35.3 Å². The van der Waals surface area contributed by atoms with Gasteiger partial charge in [-0.3, -0.25) is 4.79 Å². The van der Waals surface area contributed by atoms with Gasteiger partial charge in [0, 0.05) is 12.2 Å². The van der Waals surface area contributed by atoms with Crippen LogP contribution in [0.5, 0.6) is 0 Å². The topological polar surface area (TPSA) is 64.4 Å². The number of carbonyl (C=O) groups excluding carboxylic acids is 2. The Bertz CT molecular complexity index is 1110. The van der Waals surface area contributed by atoms with E-state index in [1.54, 1.807) is 28.6 Å². The number of esters is 1. The van der Waals surface area contributed by atoms with E-state index in [9.17, 15) is 9.59 Å². The molecule has 0 spiro atoms. The van der Waals surface area contributed by atoms with E-state index >= 15 is 0 Å². The van der Waals surface area contributed by atoms with Gasteiger partial charge in [-0.1, -0.05) is 48.0 Å². The number of halogens is 1. The molecule has 0 radical (unpaired) electrons. The molecule has 30 heavy (non-hydrogen) atoms. The first-order valence-corrected chi connectivity index (χ1v) is 10.2. The fraction of sp³-hybridized carbons (Fsp3) is 0.261. The molecule has 2 aromatic carbocycles. The van der Waals surface area contributed by atoms with Crippen molar-refractivity contribution in [3.05, 3.63) is 81.6 Å². The molecule has 1 aliphatic heterocycles. The highest BCUT2D eigenvalue weighted by molar-refractivity contribution is 6.34. The summed E-state index contributed by atoms with van der Waals surface area (Å²) < 4.78 is 6.55. The molecule has 0 atom stereocenters. The molecule has 0 unspecified atom stereocenters. The number of aromatic nitrogens is 2. The summed E-state index contributed by atoms with van der Waals surface area (Å²) in [7, 11) is 1.36. The molecule has 4 rings (SSSR count). The summed E-state index contributed by atoms with van der Waals surface area (Å²) in [6, 6.07) is 15.2. The number of amides is 1. The number of carbonyl (C=O) groups is 2. The quantitative estimate of drug-likeness (QED) is 0.588. The number of hydrogen-bond acceptors (Lipinski definition) is 4. The average molecular weight is 424 g/mol. The van der Waals surface area contributed by atoms with E-state index in [0.717, 1.165) is 23.2 Å². The average Bonchev–Trinajstić information content (AvgIpc) is 3.05. The summed E-state index contributed by atoms with van der Waals surface area (Å²) in [5, 5.41) is 4.82. The summed E-state index contributed by atoms with van der Waals surface area (Å²) in [5.74, 6) is -0.606. The number of aryl methyl sites for hydroxylation is 1. The summed E-state index contributed by atoms with van der Waals surface area (Å²) in [4.78, 5) is 27.3. The minimum absolute atomic E-state index is 0.209. The molecular weight excluding hydrogens is 402 g/mol. The van der Waals surface area contributed by atoms with Crippen LogP contribution < -0.4 is 4.90 Å². The van der Waals surface area contributed by atoms with Crippen molar-refractivity contribution >= 4 is 29.2 Å². The van der Waals surface area contributed by atoms with Crippen LogP contribution in [0.3, 0.4) is 0 Å². The Morgan fingerprint density at radius 3 is 2.63 bits per heavy atom. The lowest BCUT2D eigenvalue weighted by atomic mass is 9.95. The maximum Gasteiger partial charge on any atom is 0.338 e. The van der Waals surface area contributed by atoms with E-state index in [-0.39, 0.29) is 5.91 Å². The zero-order valence-electron chi connectivity index (χ0n) is 16.9. The fourth-order valence-corrected chi connectivity index (χ4v) is 4.24. The van der Waals surface area contributed by atoms with Gasteiger partial charge in [-0.2, -0.15) is 5.10 Å². The van der Waals surface area contributed by atoms with Crippen LogP contribution in [0, 0.1) is 6.92 Å². The van der Waals surface area contributed by atoms with Crippen LogP contribution in [-0.2, 0) is 17.7 Å². The minimum Gasteiger partial charge on any atom is -0.465 e. The number of fused-ring (bicyclic) bond motifs is 1. The SMILES string of the molecule is COC(=O)c1cccc2c1CCCN2C(=O)c1c(C)nn(Cc2ccccc2)c1Cl. The van der Waals surface area contributed by atoms with Crippen molar-refractivity contribution in [2.45, 2.75) is 26.3 Å². The fourth-order valence-electron chi connectivity index (χ4n) is 3.93. The molecule has 0 fully saturated rings. The Morgan fingerprint density at radius 1 is 1.13 bits per heavy atom. The third-order valence-electron chi connectivity index (χ3n) is 5.36. The van der Waals surface area contributed by atoms with Crippen molar-refractivity contribution in [3.8, 4) is 0 Å². The van der Waals surface area contributed by atoms with Gasteiger partial charge >= 0.3 is 5.97 Å². The van der Waals surface area contributed by atoms with Gasteiger partial charge in [-0.25, -0.2) is 9.48 Å². The first kappa shape index (κ1) is 20.2. The Morgan fingerprint density at radius 2 is 1.90 bits per heavy atom. The van der Waals surface area contributed by atoms with Gasteiger partial charge < -0.3 is 9.64 Å². The standard InChI is InChI=1S/C23H22ClN3O3/c1-15-20(21(24)27(25-15)14-16-8-4-3-5-9-16)22(28)26-13-7-11-17-18(23(29)30-2)10-6-12-19(17)26/h3-6,8-10,12H,7,11,13-14H2,1-2H3.